The van der Waals surface area contributed by atoms with Gasteiger partial charge in [0.1, 0.15) is 11.0 Å². The Morgan fingerprint density at radius 2 is 0.857 bits per heavy atom. The van der Waals surface area contributed by atoms with E-state index in [0.29, 0.717) is 11.8 Å². The van der Waals surface area contributed by atoms with Crippen molar-refractivity contribution < 1.29 is 8.83 Å². The Morgan fingerprint density at radius 1 is 0.367 bits per heavy atom. The molecule has 7 aromatic carbocycles. The van der Waals surface area contributed by atoms with Crippen LogP contribution in [0.2, 0.25) is 0 Å². The highest BCUT2D eigenvalue weighted by molar-refractivity contribution is 5.89. The van der Waals surface area contributed by atoms with E-state index >= 15 is 0 Å². The zero-order chi connectivity index (χ0) is 32.4. The maximum atomic E-state index is 6.30. The van der Waals surface area contributed by atoms with E-state index in [2.05, 4.69) is 121 Å². The van der Waals surface area contributed by atoms with Crippen molar-refractivity contribution in [3.63, 3.8) is 0 Å². The number of oxazole rings is 2. The summed E-state index contributed by atoms with van der Waals surface area (Å²) in [6.07, 6.45) is 0. The fourth-order valence-corrected chi connectivity index (χ4v) is 7.66. The Bertz CT molecular complexity index is 2470. The van der Waals surface area contributed by atoms with E-state index in [0.717, 1.165) is 44.5 Å². The van der Waals surface area contributed by atoms with Crippen LogP contribution in [0.15, 0.2) is 179 Å². The minimum atomic E-state index is -0.495. The summed E-state index contributed by atoms with van der Waals surface area (Å²) in [6, 6.07) is 59.6. The maximum absolute atomic E-state index is 6.30. The predicted molar refractivity (Wildman–Crippen MR) is 195 cm³/mol. The van der Waals surface area contributed by atoms with Gasteiger partial charge in [0.15, 0.2) is 11.2 Å². The molecule has 0 radical (unpaired) electrons. The molecule has 4 nitrogen and oxygen atoms in total. The molecular weight excluding hydrogens is 601 g/mol. The number of hydrogen-bond donors (Lipinski definition) is 0. The lowest BCUT2D eigenvalue weighted by molar-refractivity contribution is 0.617. The molecule has 4 heteroatoms. The summed E-state index contributed by atoms with van der Waals surface area (Å²) in [7, 11) is 0. The molecule has 0 saturated carbocycles. The first kappa shape index (κ1) is 27.6. The van der Waals surface area contributed by atoms with Gasteiger partial charge in [0.2, 0.25) is 11.8 Å². The van der Waals surface area contributed by atoms with Crippen LogP contribution in [-0.2, 0) is 5.41 Å². The molecule has 0 bridgehead atoms. The molecule has 230 valence electrons. The molecule has 10 rings (SSSR count). The number of para-hydroxylation sites is 4. The molecule has 9 aromatic rings. The third-order valence-corrected chi connectivity index (χ3v) is 9.81. The molecule has 1 aliphatic carbocycles. The summed E-state index contributed by atoms with van der Waals surface area (Å²) < 4.78 is 12.6. The number of benzene rings is 7. The molecule has 0 amide bonds. The van der Waals surface area contributed by atoms with Gasteiger partial charge in [-0.05, 0) is 93.0 Å². The molecule has 1 aliphatic rings. The van der Waals surface area contributed by atoms with Crippen LogP contribution >= 0.6 is 0 Å². The second-order valence-corrected chi connectivity index (χ2v) is 12.6. The van der Waals surface area contributed by atoms with Crippen LogP contribution < -0.4 is 0 Å². The van der Waals surface area contributed by atoms with Crippen LogP contribution in [0.1, 0.15) is 22.3 Å². The summed E-state index contributed by atoms with van der Waals surface area (Å²) in [5.41, 5.74) is 13.9. The van der Waals surface area contributed by atoms with E-state index in [4.69, 9.17) is 18.8 Å². The van der Waals surface area contributed by atoms with E-state index in [1.54, 1.807) is 0 Å². The van der Waals surface area contributed by atoms with Crippen molar-refractivity contribution in [3.05, 3.63) is 192 Å². The number of hydrogen-bond acceptors (Lipinski definition) is 4. The topological polar surface area (TPSA) is 52.1 Å². The van der Waals surface area contributed by atoms with Crippen LogP contribution in [-0.4, -0.2) is 9.97 Å². The van der Waals surface area contributed by atoms with Crippen molar-refractivity contribution >= 4 is 22.2 Å². The zero-order valence-corrected chi connectivity index (χ0v) is 26.4. The number of nitrogens with zero attached hydrogens (tertiary/aromatic N) is 2. The molecule has 0 unspecified atom stereocenters. The van der Waals surface area contributed by atoms with Gasteiger partial charge in [0.25, 0.3) is 0 Å². The van der Waals surface area contributed by atoms with Crippen molar-refractivity contribution in [2.75, 3.05) is 0 Å². The normalized spacial score (nSPS) is 13.1. The molecular formula is C45H28N2O2. The lowest BCUT2D eigenvalue weighted by Crippen LogP contribution is -2.28. The fraction of sp³-hybridized carbons (Fsp3) is 0.0222. The van der Waals surface area contributed by atoms with Gasteiger partial charge < -0.3 is 8.83 Å². The molecule has 2 aromatic heterocycles. The first-order chi connectivity index (χ1) is 24.3. The second-order valence-electron chi connectivity index (χ2n) is 12.6. The van der Waals surface area contributed by atoms with Gasteiger partial charge in [-0.2, -0.15) is 0 Å². The highest BCUT2D eigenvalue weighted by Gasteiger charge is 2.46. The van der Waals surface area contributed by atoms with Crippen molar-refractivity contribution in [1.82, 2.24) is 9.97 Å². The molecule has 49 heavy (non-hydrogen) atoms. The predicted octanol–water partition coefficient (Wildman–Crippen LogP) is 11.3. The minimum absolute atomic E-state index is 0.495. The molecule has 0 aliphatic heterocycles. The molecule has 0 spiro atoms. The van der Waals surface area contributed by atoms with E-state index in [1.807, 2.05) is 48.5 Å². The van der Waals surface area contributed by atoms with Crippen molar-refractivity contribution in [2.24, 2.45) is 0 Å². The van der Waals surface area contributed by atoms with E-state index in [1.165, 1.54) is 33.4 Å². The fourth-order valence-electron chi connectivity index (χ4n) is 7.66. The smallest absolute Gasteiger partial charge is 0.227 e. The SMILES string of the molecule is c1ccc(C2(c3ccccc3)c3ccccc3-c3ccc(-c4cc(-c5nc6ccccc6o5)cc(-c5nc6ccccc6o5)c4)cc32)cc1. The van der Waals surface area contributed by atoms with Crippen molar-refractivity contribution in [2.45, 2.75) is 5.41 Å². The first-order valence-corrected chi connectivity index (χ1v) is 16.5. The highest BCUT2D eigenvalue weighted by atomic mass is 16.4. The Morgan fingerprint density at radius 3 is 1.45 bits per heavy atom. The van der Waals surface area contributed by atoms with Gasteiger partial charge >= 0.3 is 0 Å². The van der Waals surface area contributed by atoms with Crippen LogP contribution in [0, 0.1) is 0 Å². The second kappa shape index (κ2) is 10.8. The van der Waals surface area contributed by atoms with Gasteiger partial charge in [-0.1, -0.05) is 121 Å². The molecule has 2 heterocycles. The molecule has 0 N–H and O–H groups in total. The Kier molecular flexibility index (Phi) is 6.06. The Labute approximate surface area is 283 Å². The summed E-state index contributed by atoms with van der Waals surface area (Å²) in [5, 5.41) is 0. The maximum Gasteiger partial charge on any atom is 0.227 e. The van der Waals surface area contributed by atoms with Crippen LogP contribution in [0.5, 0.6) is 0 Å². The first-order valence-electron chi connectivity index (χ1n) is 16.5. The van der Waals surface area contributed by atoms with Gasteiger partial charge in [0, 0.05) is 11.1 Å². The lowest BCUT2D eigenvalue weighted by atomic mass is 9.67. The quantitative estimate of drug-likeness (QED) is 0.190. The van der Waals surface area contributed by atoms with E-state index < -0.39 is 5.41 Å². The van der Waals surface area contributed by atoms with Gasteiger partial charge in [0.05, 0.1) is 5.41 Å². The third-order valence-electron chi connectivity index (χ3n) is 9.81. The monoisotopic (exact) mass is 628 g/mol. The number of aromatic nitrogens is 2. The van der Waals surface area contributed by atoms with Gasteiger partial charge in [-0.25, -0.2) is 9.97 Å². The summed E-state index contributed by atoms with van der Waals surface area (Å²) >= 11 is 0. The molecule has 0 atom stereocenters. The van der Waals surface area contributed by atoms with Crippen LogP contribution in [0.25, 0.3) is 67.4 Å². The highest BCUT2D eigenvalue weighted by Crippen LogP contribution is 2.56. The largest absolute Gasteiger partial charge is 0.436 e. The minimum Gasteiger partial charge on any atom is -0.436 e. The van der Waals surface area contributed by atoms with Gasteiger partial charge in [-0.3, -0.25) is 0 Å². The Hall–Kier alpha value is -6.52. The standard InChI is InChI=1S/C45H28N2O2/c1-3-13-33(14-4-1)45(34-15-5-2-6-16-34)37-18-8-7-17-35(37)36-24-23-29(28-38(36)45)30-25-31(43-46-39-19-9-11-21-41(39)48-43)27-32(26-30)44-47-40-20-10-12-22-42(40)49-44/h1-28H. The summed E-state index contributed by atoms with van der Waals surface area (Å²) in [5.74, 6) is 1.11. The molecule has 0 saturated heterocycles. The summed E-state index contributed by atoms with van der Waals surface area (Å²) in [4.78, 5) is 9.73. The number of rotatable bonds is 5. The van der Waals surface area contributed by atoms with Crippen LogP contribution in [0.4, 0.5) is 0 Å². The van der Waals surface area contributed by atoms with Crippen molar-refractivity contribution in [1.29, 1.82) is 0 Å². The zero-order valence-electron chi connectivity index (χ0n) is 26.4. The lowest BCUT2D eigenvalue weighted by Gasteiger charge is -2.34. The average molecular weight is 629 g/mol. The van der Waals surface area contributed by atoms with Crippen molar-refractivity contribution in [3.8, 4) is 45.2 Å². The number of fused-ring (bicyclic) bond motifs is 5. The molecule has 0 fully saturated rings. The van der Waals surface area contributed by atoms with E-state index in [9.17, 15) is 0 Å². The Balaban J connectivity index is 1.23. The summed E-state index contributed by atoms with van der Waals surface area (Å²) in [6.45, 7) is 0. The van der Waals surface area contributed by atoms with Crippen LogP contribution in [0.3, 0.4) is 0 Å². The van der Waals surface area contributed by atoms with Gasteiger partial charge in [-0.15, -0.1) is 0 Å². The average Bonchev–Trinajstić information content (AvgIpc) is 3.88. The third kappa shape index (κ3) is 4.24. The van der Waals surface area contributed by atoms with E-state index in [-0.39, 0.29) is 0 Å².